The highest BCUT2D eigenvalue weighted by Crippen LogP contribution is 2.43. The maximum atomic E-state index is 11.5. The van der Waals surface area contributed by atoms with E-state index in [0.29, 0.717) is 27.9 Å². The van der Waals surface area contributed by atoms with Gasteiger partial charge in [-0.2, -0.15) is 4.98 Å². The van der Waals surface area contributed by atoms with Gasteiger partial charge in [-0.05, 0) is 17.7 Å². The number of hydrogen-bond acceptors (Lipinski definition) is 10. The molecule has 0 saturated heterocycles. The Morgan fingerprint density at radius 1 is 1.14 bits per heavy atom. The first-order valence-electron chi connectivity index (χ1n) is 10.5. The molecule has 0 bridgehead atoms. The minimum absolute atomic E-state index is 0.0442. The van der Waals surface area contributed by atoms with Gasteiger partial charge in [-0.1, -0.05) is 60.3 Å². The van der Waals surface area contributed by atoms with Crippen molar-refractivity contribution in [2.75, 3.05) is 12.4 Å². The number of phenolic OH excluding ortho intramolecular Hbond substituents is 1. The summed E-state index contributed by atoms with van der Waals surface area (Å²) >= 11 is 1.42. The van der Waals surface area contributed by atoms with Gasteiger partial charge in [-0.3, -0.25) is 10.1 Å². The molecule has 1 aliphatic rings. The van der Waals surface area contributed by atoms with Gasteiger partial charge >= 0.3 is 5.69 Å². The van der Waals surface area contributed by atoms with Crippen LogP contribution in [-0.4, -0.2) is 32.3 Å². The Kier molecular flexibility index (Phi) is 6.06. The minimum Gasteiger partial charge on any atom is -0.500 e. The van der Waals surface area contributed by atoms with Gasteiger partial charge in [0.25, 0.3) is 0 Å². The quantitative estimate of drug-likeness (QED) is 0.218. The number of anilines is 1. The lowest BCUT2D eigenvalue weighted by Crippen LogP contribution is -2.17. The number of thioether (sulfide) groups is 1. The average Bonchev–Trinajstić information content (AvgIpc) is 3.04. The second kappa shape index (κ2) is 9.47. The molecule has 4 aromatic rings. The summed E-state index contributed by atoms with van der Waals surface area (Å²) in [6.07, 6.45) is -0.880. The van der Waals surface area contributed by atoms with E-state index in [1.165, 1.54) is 31.0 Å². The maximum Gasteiger partial charge on any atom is 0.315 e. The molecule has 0 radical (unpaired) electrons. The average molecular weight is 490 g/mol. The van der Waals surface area contributed by atoms with E-state index < -0.39 is 22.6 Å². The van der Waals surface area contributed by atoms with Crippen molar-refractivity contribution in [3.63, 3.8) is 0 Å². The van der Waals surface area contributed by atoms with Crippen LogP contribution in [0.1, 0.15) is 17.4 Å². The summed E-state index contributed by atoms with van der Waals surface area (Å²) in [4.78, 5) is 15.4. The molecule has 176 valence electrons. The molecule has 0 unspecified atom stereocenters. The van der Waals surface area contributed by atoms with Crippen molar-refractivity contribution in [2.45, 2.75) is 17.1 Å². The second-order valence-corrected chi connectivity index (χ2v) is 8.50. The number of benzene rings is 3. The van der Waals surface area contributed by atoms with Crippen molar-refractivity contribution in [3.05, 3.63) is 88.0 Å². The Labute approximate surface area is 204 Å². The lowest BCUT2D eigenvalue weighted by Gasteiger charge is -2.20. The Balaban J connectivity index is 1.55. The van der Waals surface area contributed by atoms with Crippen LogP contribution in [0.4, 0.5) is 11.4 Å². The number of nitrogens with zero attached hydrogens (tertiary/aromatic N) is 4. The van der Waals surface area contributed by atoms with Crippen LogP contribution in [0.25, 0.3) is 11.3 Å². The molecular weight excluding hydrogens is 470 g/mol. The zero-order chi connectivity index (χ0) is 24.4. The van der Waals surface area contributed by atoms with E-state index in [9.17, 15) is 15.2 Å². The predicted octanol–water partition coefficient (Wildman–Crippen LogP) is 4.96. The summed E-state index contributed by atoms with van der Waals surface area (Å²) in [5.41, 5.74) is 2.84. The van der Waals surface area contributed by atoms with E-state index in [-0.39, 0.29) is 11.6 Å². The first kappa shape index (κ1) is 22.4. The van der Waals surface area contributed by atoms with Gasteiger partial charge in [0.1, 0.15) is 0 Å². The van der Waals surface area contributed by atoms with Crippen LogP contribution < -0.4 is 14.8 Å². The Morgan fingerprint density at radius 2 is 1.91 bits per heavy atom. The van der Waals surface area contributed by atoms with Crippen molar-refractivity contribution in [1.29, 1.82) is 0 Å². The van der Waals surface area contributed by atoms with Crippen molar-refractivity contribution in [3.8, 4) is 28.6 Å². The number of methoxy groups -OCH3 is 1. The molecule has 0 spiro atoms. The predicted molar refractivity (Wildman–Crippen MR) is 130 cm³/mol. The smallest absolute Gasteiger partial charge is 0.315 e. The van der Waals surface area contributed by atoms with Crippen molar-refractivity contribution in [1.82, 2.24) is 15.2 Å². The van der Waals surface area contributed by atoms with E-state index in [2.05, 4.69) is 20.5 Å². The molecule has 0 fully saturated rings. The van der Waals surface area contributed by atoms with E-state index in [4.69, 9.17) is 9.47 Å². The minimum atomic E-state index is -0.880. The lowest BCUT2D eigenvalue weighted by atomic mass is 10.1. The molecule has 3 aromatic carbocycles. The summed E-state index contributed by atoms with van der Waals surface area (Å²) in [5, 5.41) is 34.0. The molecule has 1 atom stereocenters. The van der Waals surface area contributed by atoms with Crippen LogP contribution >= 0.6 is 11.8 Å². The highest BCUT2D eigenvalue weighted by Gasteiger charge is 2.29. The fraction of sp³-hybridized carbons (Fsp3) is 0.125. The third kappa shape index (κ3) is 4.53. The molecule has 1 aromatic heterocycles. The number of ether oxygens (including phenoxy) is 2. The molecule has 0 saturated carbocycles. The summed E-state index contributed by atoms with van der Waals surface area (Å²) in [5.74, 6) is 0.283. The van der Waals surface area contributed by atoms with E-state index in [0.717, 1.165) is 11.1 Å². The number of nitro benzene ring substituents is 1. The Bertz CT molecular complexity index is 1400. The first-order valence-corrected chi connectivity index (χ1v) is 11.5. The Hall–Kier alpha value is -4.38. The first-order chi connectivity index (χ1) is 17.0. The third-order valence-corrected chi connectivity index (χ3v) is 6.25. The highest BCUT2D eigenvalue weighted by atomic mass is 32.2. The zero-order valence-electron chi connectivity index (χ0n) is 18.4. The normalized spacial score (nSPS) is 14.0. The fourth-order valence-corrected chi connectivity index (χ4v) is 4.38. The summed E-state index contributed by atoms with van der Waals surface area (Å²) in [7, 11) is 1.32. The maximum absolute atomic E-state index is 11.5. The number of para-hydroxylation sites is 1. The van der Waals surface area contributed by atoms with E-state index in [1.807, 2.05) is 54.6 Å². The zero-order valence-corrected chi connectivity index (χ0v) is 19.2. The molecule has 2 heterocycles. The second-order valence-electron chi connectivity index (χ2n) is 7.56. The SMILES string of the molecule is COc1cc([C@H]2Nc3ccccc3-c3nnc(SCc4ccccc4)nc3O2)cc([N+](=O)[O-])c1O. The van der Waals surface area contributed by atoms with Crippen molar-refractivity contribution in [2.24, 2.45) is 0 Å². The lowest BCUT2D eigenvalue weighted by molar-refractivity contribution is -0.386. The fourth-order valence-electron chi connectivity index (χ4n) is 3.64. The van der Waals surface area contributed by atoms with Crippen LogP contribution in [0.3, 0.4) is 0 Å². The van der Waals surface area contributed by atoms with E-state index in [1.54, 1.807) is 0 Å². The third-order valence-electron chi connectivity index (χ3n) is 5.34. The van der Waals surface area contributed by atoms with Gasteiger partial charge in [0, 0.05) is 28.6 Å². The van der Waals surface area contributed by atoms with E-state index >= 15 is 0 Å². The van der Waals surface area contributed by atoms with Gasteiger partial charge in [0.05, 0.1) is 12.0 Å². The molecule has 5 rings (SSSR count). The topological polar surface area (TPSA) is 133 Å². The number of rotatable bonds is 6. The molecule has 0 aliphatic carbocycles. The monoisotopic (exact) mass is 489 g/mol. The molecule has 1 aliphatic heterocycles. The van der Waals surface area contributed by atoms with Crippen LogP contribution in [0.2, 0.25) is 0 Å². The van der Waals surface area contributed by atoms with Gasteiger partial charge in [0.15, 0.2) is 17.7 Å². The largest absolute Gasteiger partial charge is 0.500 e. The number of phenols is 1. The van der Waals surface area contributed by atoms with Gasteiger partial charge < -0.3 is 19.9 Å². The molecular formula is C24H19N5O5S. The molecule has 10 nitrogen and oxygen atoms in total. The number of aromatic hydroxyl groups is 1. The standard InChI is InChI=1S/C24H19N5O5S/c1-33-19-12-15(11-18(21(19)30)29(31)32)22-25-17-10-6-5-9-16(17)20-23(34-22)26-24(28-27-20)35-13-14-7-3-2-4-8-14/h2-12,22,25,30H,13H2,1H3/t22-/m0/s1. The van der Waals surface area contributed by atoms with Gasteiger partial charge in [0.2, 0.25) is 16.8 Å². The van der Waals surface area contributed by atoms with Crippen LogP contribution in [0.15, 0.2) is 71.9 Å². The van der Waals surface area contributed by atoms with Gasteiger partial charge in [-0.25, -0.2) is 0 Å². The summed E-state index contributed by atoms with van der Waals surface area (Å²) in [6.45, 7) is 0. The molecule has 35 heavy (non-hydrogen) atoms. The number of hydrogen-bond donors (Lipinski definition) is 2. The van der Waals surface area contributed by atoms with Crippen molar-refractivity contribution >= 4 is 23.1 Å². The van der Waals surface area contributed by atoms with Crippen LogP contribution in [0.5, 0.6) is 17.4 Å². The molecule has 0 amide bonds. The summed E-state index contributed by atoms with van der Waals surface area (Å²) in [6, 6.07) is 20.0. The number of nitro groups is 1. The summed E-state index contributed by atoms with van der Waals surface area (Å²) < 4.78 is 11.3. The molecule has 11 heteroatoms. The number of nitrogens with one attached hydrogen (secondary N) is 1. The number of fused-ring (bicyclic) bond motifs is 3. The Morgan fingerprint density at radius 3 is 2.69 bits per heavy atom. The number of aromatic nitrogens is 3. The van der Waals surface area contributed by atoms with Crippen molar-refractivity contribution < 1.29 is 19.5 Å². The highest BCUT2D eigenvalue weighted by molar-refractivity contribution is 7.98. The van der Waals surface area contributed by atoms with Crippen LogP contribution in [-0.2, 0) is 5.75 Å². The van der Waals surface area contributed by atoms with Gasteiger partial charge in [-0.15, -0.1) is 10.2 Å². The van der Waals surface area contributed by atoms with Crippen LogP contribution in [0, 0.1) is 10.1 Å². The molecule has 2 N–H and O–H groups in total.